The largest absolute Gasteiger partial charge is 0.384 e. The van der Waals surface area contributed by atoms with Crippen LogP contribution in [0.25, 0.3) is 0 Å². The fourth-order valence-corrected chi connectivity index (χ4v) is 2.37. The van der Waals surface area contributed by atoms with E-state index in [1.54, 1.807) is 19.4 Å². The lowest BCUT2D eigenvalue weighted by Gasteiger charge is -2.33. The highest BCUT2D eigenvalue weighted by molar-refractivity contribution is 5.92. The molecule has 4 nitrogen and oxygen atoms in total. The summed E-state index contributed by atoms with van der Waals surface area (Å²) in [6, 6.07) is 3.79. The van der Waals surface area contributed by atoms with E-state index in [9.17, 15) is 4.79 Å². The Balaban J connectivity index is 1.95. The minimum Gasteiger partial charge on any atom is -0.384 e. The number of carbonyl (C=O) groups is 1. The van der Waals surface area contributed by atoms with Gasteiger partial charge in [0.1, 0.15) is 5.69 Å². The number of ketones is 1. The van der Waals surface area contributed by atoms with E-state index in [4.69, 9.17) is 4.74 Å². The van der Waals surface area contributed by atoms with Crippen LogP contribution in [0.5, 0.6) is 0 Å². The van der Waals surface area contributed by atoms with Gasteiger partial charge in [0, 0.05) is 33.7 Å². The molecule has 1 fully saturated rings. The first-order chi connectivity index (χ1) is 8.70. The maximum atomic E-state index is 11.2. The maximum Gasteiger partial charge on any atom is 0.178 e. The Bertz CT molecular complexity index is 395. The van der Waals surface area contributed by atoms with Gasteiger partial charge in [-0.25, -0.2) is 0 Å². The van der Waals surface area contributed by atoms with Gasteiger partial charge in [0.15, 0.2) is 5.78 Å². The second-order valence-corrected chi connectivity index (χ2v) is 4.84. The second kappa shape index (κ2) is 5.96. The predicted octanol–water partition coefficient (Wildman–Crippen LogP) is 2.15. The number of nitrogens with zero attached hydrogens (tertiary/aromatic N) is 2. The number of aromatic nitrogens is 1. The van der Waals surface area contributed by atoms with Crippen molar-refractivity contribution >= 4 is 11.5 Å². The summed E-state index contributed by atoms with van der Waals surface area (Å²) in [7, 11) is 1.76. The number of piperidine rings is 1. The van der Waals surface area contributed by atoms with E-state index in [0.717, 1.165) is 38.2 Å². The fraction of sp³-hybridized carbons (Fsp3) is 0.571. The van der Waals surface area contributed by atoms with Gasteiger partial charge in [0.2, 0.25) is 0 Å². The third-order valence-corrected chi connectivity index (χ3v) is 3.49. The molecule has 1 aromatic heterocycles. The molecule has 98 valence electrons. The normalized spacial score (nSPS) is 16.9. The van der Waals surface area contributed by atoms with Crippen LogP contribution in [0.1, 0.15) is 30.3 Å². The Morgan fingerprint density at radius 1 is 1.44 bits per heavy atom. The van der Waals surface area contributed by atoms with Crippen LogP contribution in [-0.2, 0) is 4.74 Å². The zero-order valence-electron chi connectivity index (χ0n) is 11.1. The third kappa shape index (κ3) is 3.07. The minimum atomic E-state index is 0.0142. The van der Waals surface area contributed by atoms with Crippen LogP contribution in [0, 0.1) is 5.92 Å². The van der Waals surface area contributed by atoms with E-state index >= 15 is 0 Å². The highest BCUT2D eigenvalue weighted by Gasteiger charge is 2.19. The van der Waals surface area contributed by atoms with Gasteiger partial charge in [-0.15, -0.1) is 0 Å². The van der Waals surface area contributed by atoms with Gasteiger partial charge in [-0.3, -0.25) is 9.78 Å². The van der Waals surface area contributed by atoms with Gasteiger partial charge >= 0.3 is 0 Å². The van der Waals surface area contributed by atoms with Crippen LogP contribution < -0.4 is 4.90 Å². The lowest BCUT2D eigenvalue weighted by Crippen LogP contribution is -2.35. The standard InChI is InChI=1S/C14H20N2O2/c1-11(17)14-4-3-13(9-15-14)16-7-5-12(6-8-16)10-18-2/h3-4,9,12H,5-8,10H2,1-2H3. The van der Waals surface area contributed by atoms with Crippen molar-refractivity contribution in [2.24, 2.45) is 5.92 Å². The van der Waals surface area contributed by atoms with Gasteiger partial charge in [-0.1, -0.05) is 0 Å². The van der Waals surface area contributed by atoms with Crippen molar-refractivity contribution in [1.29, 1.82) is 0 Å². The molecule has 0 N–H and O–H groups in total. The molecule has 0 radical (unpaired) electrons. The van der Waals surface area contributed by atoms with Crippen molar-refractivity contribution in [3.8, 4) is 0 Å². The number of rotatable bonds is 4. The van der Waals surface area contributed by atoms with Gasteiger partial charge in [0.05, 0.1) is 11.9 Å². The SMILES string of the molecule is COCC1CCN(c2ccc(C(C)=O)nc2)CC1. The van der Waals surface area contributed by atoms with Gasteiger partial charge in [-0.05, 0) is 30.9 Å². The van der Waals surface area contributed by atoms with Crippen molar-refractivity contribution in [2.45, 2.75) is 19.8 Å². The molecule has 0 atom stereocenters. The molecule has 2 rings (SSSR count). The van der Waals surface area contributed by atoms with Crippen molar-refractivity contribution < 1.29 is 9.53 Å². The molecule has 0 spiro atoms. The first kappa shape index (κ1) is 13.0. The Kier molecular flexibility index (Phi) is 4.31. The smallest absolute Gasteiger partial charge is 0.178 e. The first-order valence-electron chi connectivity index (χ1n) is 6.41. The summed E-state index contributed by atoms with van der Waals surface area (Å²) < 4.78 is 5.20. The summed E-state index contributed by atoms with van der Waals surface area (Å²) >= 11 is 0. The highest BCUT2D eigenvalue weighted by atomic mass is 16.5. The van der Waals surface area contributed by atoms with Crippen LogP contribution in [0.3, 0.4) is 0 Å². The Hall–Kier alpha value is -1.42. The molecule has 1 aliphatic rings. The monoisotopic (exact) mass is 248 g/mol. The van der Waals surface area contributed by atoms with Gasteiger partial charge < -0.3 is 9.64 Å². The zero-order chi connectivity index (χ0) is 13.0. The third-order valence-electron chi connectivity index (χ3n) is 3.49. The molecule has 4 heteroatoms. The molecule has 1 aliphatic heterocycles. The number of anilines is 1. The summed E-state index contributed by atoms with van der Waals surface area (Å²) in [6.07, 6.45) is 4.11. The number of methoxy groups -OCH3 is 1. The lowest BCUT2D eigenvalue weighted by atomic mass is 9.97. The fourth-order valence-electron chi connectivity index (χ4n) is 2.37. The summed E-state index contributed by atoms with van der Waals surface area (Å²) in [5.41, 5.74) is 1.64. The van der Waals surface area contributed by atoms with Crippen LogP contribution in [-0.4, -0.2) is 37.6 Å². The van der Waals surface area contributed by atoms with Gasteiger partial charge in [-0.2, -0.15) is 0 Å². The number of hydrogen-bond acceptors (Lipinski definition) is 4. The number of ether oxygens (including phenoxy) is 1. The van der Waals surface area contributed by atoms with Crippen LogP contribution >= 0.6 is 0 Å². The molecule has 0 aliphatic carbocycles. The molecule has 18 heavy (non-hydrogen) atoms. The Morgan fingerprint density at radius 3 is 2.67 bits per heavy atom. The Morgan fingerprint density at radius 2 is 2.17 bits per heavy atom. The maximum absolute atomic E-state index is 11.2. The molecule has 2 heterocycles. The molecule has 1 saturated heterocycles. The lowest BCUT2D eigenvalue weighted by molar-refractivity contribution is 0.101. The van der Waals surface area contributed by atoms with Crippen molar-refractivity contribution in [2.75, 3.05) is 31.7 Å². The van der Waals surface area contributed by atoms with E-state index in [2.05, 4.69) is 9.88 Å². The van der Waals surface area contributed by atoms with E-state index in [1.807, 2.05) is 6.07 Å². The molecule has 1 aromatic rings. The molecule has 0 saturated carbocycles. The first-order valence-corrected chi connectivity index (χ1v) is 6.41. The molecule has 0 amide bonds. The van der Waals surface area contributed by atoms with Crippen LogP contribution in [0.2, 0.25) is 0 Å². The highest BCUT2D eigenvalue weighted by Crippen LogP contribution is 2.22. The summed E-state index contributed by atoms with van der Waals surface area (Å²) in [6.45, 7) is 4.47. The van der Waals surface area contributed by atoms with E-state index < -0.39 is 0 Å². The van der Waals surface area contributed by atoms with Gasteiger partial charge in [0.25, 0.3) is 0 Å². The second-order valence-electron chi connectivity index (χ2n) is 4.84. The molecule has 0 bridgehead atoms. The summed E-state index contributed by atoms with van der Waals surface area (Å²) in [4.78, 5) is 17.7. The number of pyridine rings is 1. The predicted molar refractivity (Wildman–Crippen MR) is 71.1 cm³/mol. The summed E-state index contributed by atoms with van der Waals surface area (Å²) in [5.74, 6) is 0.691. The Labute approximate surface area is 108 Å². The summed E-state index contributed by atoms with van der Waals surface area (Å²) in [5, 5.41) is 0. The number of carbonyl (C=O) groups excluding carboxylic acids is 1. The molecular formula is C14H20N2O2. The van der Waals surface area contributed by atoms with Crippen molar-refractivity contribution in [3.05, 3.63) is 24.0 Å². The van der Waals surface area contributed by atoms with Crippen molar-refractivity contribution in [1.82, 2.24) is 4.98 Å². The van der Waals surface area contributed by atoms with Crippen LogP contribution in [0.4, 0.5) is 5.69 Å². The average Bonchev–Trinajstić information content (AvgIpc) is 2.40. The zero-order valence-corrected chi connectivity index (χ0v) is 11.1. The van der Waals surface area contributed by atoms with Crippen molar-refractivity contribution in [3.63, 3.8) is 0 Å². The van der Waals surface area contributed by atoms with E-state index in [1.165, 1.54) is 6.92 Å². The van der Waals surface area contributed by atoms with E-state index in [-0.39, 0.29) is 5.78 Å². The topological polar surface area (TPSA) is 42.4 Å². The average molecular weight is 248 g/mol. The quantitative estimate of drug-likeness (QED) is 0.766. The molecule has 0 unspecified atom stereocenters. The molecule has 0 aromatic carbocycles. The molecular weight excluding hydrogens is 228 g/mol. The number of hydrogen-bond donors (Lipinski definition) is 0. The minimum absolute atomic E-state index is 0.0142. The van der Waals surface area contributed by atoms with E-state index in [0.29, 0.717) is 11.6 Å². The number of Topliss-reactive ketones (excluding diaryl/α,β-unsaturated/α-hetero) is 1. The van der Waals surface area contributed by atoms with Crippen LogP contribution in [0.15, 0.2) is 18.3 Å².